The highest BCUT2D eigenvalue weighted by molar-refractivity contribution is 5.63. The highest BCUT2D eigenvalue weighted by atomic mass is 16.6. The number of hydrogen-bond donors (Lipinski definition) is 2. The van der Waals surface area contributed by atoms with Crippen molar-refractivity contribution in [2.24, 2.45) is 17.3 Å². The molecular formula is C28H37NO4. The smallest absolute Gasteiger partial charge is 0.165 e. The summed E-state index contributed by atoms with van der Waals surface area (Å²) in [5, 5.41) is 22.7. The Labute approximate surface area is 196 Å². The van der Waals surface area contributed by atoms with Crippen LogP contribution in [0.5, 0.6) is 11.5 Å². The molecule has 7 aliphatic rings. The van der Waals surface area contributed by atoms with E-state index in [-0.39, 0.29) is 28.6 Å². The van der Waals surface area contributed by atoms with Crippen molar-refractivity contribution in [3.63, 3.8) is 0 Å². The molecule has 2 N–H and O–H groups in total. The number of likely N-dealkylation sites (tertiary alicyclic amines) is 1. The Morgan fingerprint density at radius 3 is 2.79 bits per heavy atom. The molecule has 5 heteroatoms. The molecule has 1 aromatic carbocycles. The van der Waals surface area contributed by atoms with Crippen LogP contribution in [0.3, 0.4) is 0 Å². The van der Waals surface area contributed by atoms with E-state index >= 15 is 0 Å². The summed E-state index contributed by atoms with van der Waals surface area (Å²) in [6.45, 7) is 10.3. The largest absolute Gasteiger partial charge is 0.504 e. The van der Waals surface area contributed by atoms with Gasteiger partial charge in [-0.15, -0.1) is 0 Å². The number of rotatable bonds is 5. The summed E-state index contributed by atoms with van der Waals surface area (Å²) in [5.41, 5.74) is 1.62. The van der Waals surface area contributed by atoms with E-state index in [1.807, 2.05) is 19.9 Å². The fourth-order valence-electron chi connectivity index (χ4n) is 9.35. The molecule has 5 nitrogen and oxygen atoms in total. The van der Waals surface area contributed by atoms with Crippen molar-refractivity contribution in [1.82, 2.24) is 4.90 Å². The maximum Gasteiger partial charge on any atom is 0.165 e. The number of ether oxygens (including phenoxy) is 2. The van der Waals surface area contributed by atoms with Crippen molar-refractivity contribution in [2.75, 3.05) is 20.2 Å². The molecule has 1 aromatic rings. The van der Waals surface area contributed by atoms with Gasteiger partial charge in [0.2, 0.25) is 0 Å². The number of aliphatic hydroxyl groups is 1. The molecule has 2 spiro atoms. The Bertz CT molecular complexity index is 1060. The van der Waals surface area contributed by atoms with Crippen LogP contribution in [-0.4, -0.2) is 58.7 Å². The number of phenolic OH excluding ortho intramolecular Hbond substituents is 1. The van der Waals surface area contributed by atoms with E-state index in [0.717, 1.165) is 50.1 Å². The van der Waals surface area contributed by atoms with E-state index < -0.39 is 11.2 Å². The fraction of sp³-hybridized carbons (Fsp3) is 0.714. The normalized spacial score (nSPS) is 44.2. The quantitative estimate of drug-likeness (QED) is 0.664. The predicted molar refractivity (Wildman–Crippen MR) is 126 cm³/mol. The number of nitrogens with zero attached hydrogens (tertiary/aromatic N) is 1. The molecule has 2 aliphatic heterocycles. The maximum absolute atomic E-state index is 11.8. The highest BCUT2D eigenvalue weighted by Gasteiger charge is 2.82. The lowest BCUT2D eigenvalue weighted by Gasteiger charge is -2.75. The lowest BCUT2D eigenvalue weighted by atomic mass is 9.33. The number of benzene rings is 1. The first-order valence-electron chi connectivity index (χ1n) is 12.9. The lowest BCUT2D eigenvalue weighted by Crippen LogP contribution is -2.82. The van der Waals surface area contributed by atoms with Crippen molar-refractivity contribution in [3.05, 3.63) is 35.4 Å². The van der Waals surface area contributed by atoms with Crippen molar-refractivity contribution in [2.45, 2.75) is 87.6 Å². The molecule has 33 heavy (non-hydrogen) atoms. The minimum absolute atomic E-state index is 0.0151. The standard InChI is InChI=1S/C28H37NO4/c1-16(2)25(3,31)20-14-26-9-10-28(20,32-4)24-27(26)11-12-29(15-17-5-6-17)21(26)13-18-7-8-19(30)23(33-24)22(18)27/h7-8,17,20-21,24,30-31H,1,5-6,9-15H2,2-4H3/t20-,21-,24-,25-,26-,27+,28-/m1/s1. The second-order valence-corrected chi connectivity index (χ2v) is 12.3. The van der Waals surface area contributed by atoms with E-state index in [0.29, 0.717) is 11.8 Å². The van der Waals surface area contributed by atoms with Crippen LogP contribution < -0.4 is 4.74 Å². The second-order valence-electron chi connectivity index (χ2n) is 12.3. The van der Waals surface area contributed by atoms with Gasteiger partial charge in [-0.1, -0.05) is 12.6 Å². The zero-order valence-corrected chi connectivity index (χ0v) is 20.2. The molecule has 0 aromatic heterocycles. The molecule has 178 valence electrons. The minimum atomic E-state index is -1.04. The molecule has 5 fully saturated rings. The monoisotopic (exact) mass is 451 g/mol. The van der Waals surface area contributed by atoms with Gasteiger partial charge in [-0.2, -0.15) is 0 Å². The summed E-state index contributed by atoms with van der Waals surface area (Å²) in [6, 6.07) is 4.41. The SMILES string of the molecule is C=C(C)[C@@](C)(O)[C@H]1C[C@@]23CC[C@]1(OC)[C@@H]1Oc4c(O)ccc5c4[C@@]12CCN(CC1CC1)[C@@H]3C5. The maximum atomic E-state index is 11.8. The molecular weight excluding hydrogens is 414 g/mol. The fourth-order valence-corrected chi connectivity index (χ4v) is 9.35. The summed E-state index contributed by atoms with van der Waals surface area (Å²) >= 11 is 0. The minimum Gasteiger partial charge on any atom is -0.504 e. The van der Waals surface area contributed by atoms with Crippen LogP contribution in [0.4, 0.5) is 0 Å². The van der Waals surface area contributed by atoms with Gasteiger partial charge in [0.1, 0.15) is 11.7 Å². The van der Waals surface area contributed by atoms with Crippen molar-refractivity contribution >= 4 is 0 Å². The molecule has 0 radical (unpaired) electrons. The summed E-state index contributed by atoms with van der Waals surface area (Å²) in [5.74, 6) is 1.69. The van der Waals surface area contributed by atoms with Crippen LogP contribution >= 0.6 is 0 Å². The first-order chi connectivity index (χ1) is 15.7. The zero-order valence-electron chi connectivity index (χ0n) is 20.2. The van der Waals surface area contributed by atoms with Gasteiger partial charge in [-0.25, -0.2) is 0 Å². The molecule has 4 bridgehead atoms. The van der Waals surface area contributed by atoms with Gasteiger partial charge in [0, 0.05) is 42.0 Å². The molecule has 5 aliphatic carbocycles. The Morgan fingerprint density at radius 1 is 1.30 bits per heavy atom. The zero-order chi connectivity index (χ0) is 23.0. The number of aromatic hydroxyl groups is 1. The van der Waals surface area contributed by atoms with Gasteiger partial charge in [-0.05, 0) is 88.5 Å². The Morgan fingerprint density at radius 2 is 2.09 bits per heavy atom. The van der Waals surface area contributed by atoms with Crippen LogP contribution in [0.2, 0.25) is 0 Å². The third-order valence-corrected chi connectivity index (χ3v) is 11.2. The van der Waals surface area contributed by atoms with Crippen LogP contribution in [0.15, 0.2) is 24.3 Å². The first kappa shape index (κ1) is 20.8. The van der Waals surface area contributed by atoms with E-state index in [1.165, 1.54) is 30.5 Å². The number of methoxy groups -OCH3 is 1. The Kier molecular flexibility index (Phi) is 3.88. The van der Waals surface area contributed by atoms with E-state index in [2.05, 4.69) is 17.5 Å². The number of hydrogen-bond acceptors (Lipinski definition) is 5. The van der Waals surface area contributed by atoms with Crippen LogP contribution in [0.25, 0.3) is 0 Å². The van der Waals surface area contributed by atoms with Crippen LogP contribution in [-0.2, 0) is 16.6 Å². The average Bonchev–Trinajstić information content (AvgIpc) is 3.53. The van der Waals surface area contributed by atoms with Gasteiger partial charge in [0.15, 0.2) is 11.5 Å². The first-order valence-corrected chi connectivity index (χ1v) is 12.9. The van der Waals surface area contributed by atoms with Crippen molar-refractivity contribution < 1.29 is 19.7 Å². The highest BCUT2D eigenvalue weighted by Crippen LogP contribution is 2.77. The van der Waals surface area contributed by atoms with E-state index in [1.54, 1.807) is 7.11 Å². The van der Waals surface area contributed by atoms with Gasteiger partial charge < -0.3 is 19.7 Å². The number of piperidine rings is 1. The molecule has 4 saturated carbocycles. The lowest BCUT2D eigenvalue weighted by molar-refractivity contribution is -0.298. The third-order valence-electron chi connectivity index (χ3n) is 11.2. The third kappa shape index (κ3) is 2.17. The van der Waals surface area contributed by atoms with Gasteiger partial charge in [0.05, 0.1) is 5.60 Å². The Hall–Kier alpha value is -1.56. The summed E-state index contributed by atoms with van der Waals surface area (Å²) in [4.78, 5) is 2.80. The van der Waals surface area contributed by atoms with E-state index in [9.17, 15) is 10.2 Å². The topological polar surface area (TPSA) is 62.2 Å². The number of phenols is 1. The van der Waals surface area contributed by atoms with Gasteiger partial charge >= 0.3 is 0 Å². The Balaban J connectivity index is 1.48. The summed E-state index contributed by atoms with van der Waals surface area (Å²) in [6.07, 6.45) is 7.46. The molecule has 2 heterocycles. The van der Waals surface area contributed by atoms with Crippen LogP contribution in [0, 0.1) is 17.3 Å². The molecule has 0 amide bonds. The summed E-state index contributed by atoms with van der Waals surface area (Å²) < 4.78 is 13.3. The average molecular weight is 452 g/mol. The molecule has 8 rings (SSSR count). The summed E-state index contributed by atoms with van der Waals surface area (Å²) in [7, 11) is 1.80. The predicted octanol–water partition coefficient (Wildman–Crippen LogP) is 3.94. The molecule has 7 atom stereocenters. The molecule has 1 saturated heterocycles. The van der Waals surface area contributed by atoms with Crippen molar-refractivity contribution in [3.8, 4) is 11.5 Å². The van der Waals surface area contributed by atoms with Crippen molar-refractivity contribution in [1.29, 1.82) is 0 Å². The second kappa shape index (κ2) is 6.16. The van der Waals surface area contributed by atoms with Gasteiger partial charge in [0.25, 0.3) is 0 Å². The molecule has 0 unspecified atom stereocenters. The van der Waals surface area contributed by atoms with Gasteiger partial charge in [-0.3, -0.25) is 4.90 Å². The number of fused-ring (bicyclic) bond motifs is 2. The van der Waals surface area contributed by atoms with E-state index in [4.69, 9.17) is 9.47 Å². The van der Waals surface area contributed by atoms with Crippen LogP contribution in [0.1, 0.15) is 63.5 Å².